The molecule has 74 valence electrons. The van der Waals surface area contributed by atoms with Gasteiger partial charge in [-0.1, -0.05) is 12.8 Å². The van der Waals surface area contributed by atoms with Gasteiger partial charge in [-0.25, -0.2) is 0 Å². The Morgan fingerprint density at radius 3 is 2.85 bits per heavy atom. The lowest BCUT2D eigenvalue weighted by Gasteiger charge is -2.18. The van der Waals surface area contributed by atoms with Crippen LogP contribution in [0.1, 0.15) is 32.1 Å². The Hall–Kier alpha value is -0.0800. The Morgan fingerprint density at radius 2 is 2.08 bits per heavy atom. The number of rotatable bonds is 2. The lowest BCUT2D eigenvalue weighted by molar-refractivity contribution is 0.377. The van der Waals surface area contributed by atoms with Crippen molar-refractivity contribution in [2.24, 2.45) is 23.5 Å². The van der Waals surface area contributed by atoms with Crippen molar-refractivity contribution < 1.29 is 0 Å². The minimum atomic E-state index is 0.513. The molecule has 13 heavy (non-hydrogen) atoms. The predicted molar refractivity (Wildman–Crippen MR) is 53.3 cm³/mol. The second kappa shape index (κ2) is 2.96. The van der Waals surface area contributed by atoms with E-state index in [0.29, 0.717) is 6.04 Å². The van der Waals surface area contributed by atoms with E-state index >= 15 is 0 Å². The van der Waals surface area contributed by atoms with Gasteiger partial charge in [0.25, 0.3) is 0 Å². The maximum Gasteiger partial charge on any atom is 0.0102 e. The molecule has 2 heteroatoms. The smallest absolute Gasteiger partial charge is 0.0102 e. The number of nitrogens with two attached hydrogens (primary N) is 1. The Kier molecular flexibility index (Phi) is 1.88. The fourth-order valence-corrected chi connectivity index (χ4v) is 3.35. The third kappa shape index (κ3) is 1.50. The van der Waals surface area contributed by atoms with Crippen molar-refractivity contribution in [1.82, 2.24) is 5.32 Å². The first-order chi connectivity index (χ1) is 6.33. The summed E-state index contributed by atoms with van der Waals surface area (Å²) in [6, 6.07) is 1.34. The summed E-state index contributed by atoms with van der Waals surface area (Å²) in [4.78, 5) is 0. The standard InChI is InChI=1S/C11H20N2/c12-9-4-8-6-13-11(10(8)5-9)3-7-1-2-7/h7-11,13H,1-6,12H2/t8-,9+,10+,11+/m1/s1. The molecule has 3 fully saturated rings. The van der Waals surface area contributed by atoms with Gasteiger partial charge in [0.2, 0.25) is 0 Å². The first-order valence-electron chi connectivity index (χ1n) is 5.82. The number of hydrogen-bond acceptors (Lipinski definition) is 2. The van der Waals surface area contributed by atoms with E-state index in [4.69, 9.17) is 5.73 Å². The summed E-state index contributed by atoms with van der Waals surface area (Å²) >= 11 is 0. The highest BCUT2D eigenvalue weighted by atomic mass is 15.0. The third-order valence-corrected chi connectivity index (χ3v) is 4.23. The van der Waals surface area contributed by atoms with Gasteiger partial charge >= 0.3 is 0 Å². The van der Waals surface area contributed by atoms with Crippen molar-refractivity contribution >= 4 is 0 Å². The lowest BCUT2D eigenvalue weighted by Crippen LogP contribution is -2.29. The molecule has 4 atom stereocenters. The van der Waals surface area contributed by atoms with E-state index in [0.717, 1.165) is 23.8 Å². The average Bonchev–Trinajstić information content (AvgIpc) is 2.73. The van der Waals surface area contributed by atoms with Gasteiger partial charge in [0.05, 0.1) is 0 Å². The second-order valence-electron chi connectivity index (χ2n) is 5.35. The van der Waals surface area contributed by atoms with Crippen LogP contribution in [0.25, 0.3) is 0 Å². The van der Waals surface area contributed by atoms with Crippen LogP contribution >= 0.6 is 0 Å². The van der Waals surface area contributed by atoms with Crippen molar-refractivity contribution in [3.05, 3.63) is 0 Å². The van der Waals surface area contributed by atoms with E-state index in [1.54, 1.807) is 0 Å². The van der Waals surface area contributed by atoms with Crippen LogP contribution in [-0.4, -0.2) is 18.6 Å². The fraction of sp³-hybridized carbons (Fsp3) is 1.00. The first kappa shape index (κ1) is 8.25. The monoisotopic (exact) mass is 180 g/mol. The number of nitrogens with one attached hydrogen (secondary N) is 1. The van der Waals surface area contributed by atoms with Gasteiger partial charge in [0, 0.05) is 12.1 Å². The molecule has 2 nitrogen and oxygen atoms in total. The number of hydrogen-bond donors (Lipinski definition) is 2. The van der Waals surface area contributed by atoms with Gasteiger partial charge < -0.3 is 11.1 Å². The van der Waals surface area contributed by atoms with Gasteiger partial charge in [-0.2, -0.15) is 0 Å². The van der Waals surface area contributed by atoms with Gasteiger partial charge in [-0.15, -0.1) is 0 Å². The molecule has 3 N–H and O–H groups in total. The van der Waals surface area contributed by atoms with Crippen LogP contribution in [-0.2, 0) is 0 Å². The van der Waals surface area contributed by atoms with Crippen LogP contribution < -0.4 is 11.1 Å². The molecule has 0 bridgehead atoms. The van der Waals surface area contributed by atoms with Crippen molar-refractivity contribution in [2.45, 2.75) is 44.2 Å². The summed E-state index contributed by atoms with van der Waals surface area (Å²) in [5, 5.41) is 3.69. The van der Waals surface area contributed by atoms with Crippen LogP contribution in [0.2, 0.25) is 0 Å². The Bertz CT molecular complexity index is 200. The Morgan fingerprint density at radius 1 is 1.23 bits per heavy atom. The van der Waals surface area contributed by atoms with Gasteiger partial charge in [-0.3, -0.25) is 0 Å². The summed E-state index contributed by atoms with van der Waals surface area (Å²) in [6.45, 7) is 1.25. The van der Waals surface area contributed by atoms with E-state index in [1.165, 1.54) is 38.6 Å². The van der Waals surface area contributed by atoms with Gasteiger partial charge in [0.15, 0.2) is 0 Å². The molecule has 0 unspecified atom stereocenters. The van der Waals surface area contributed by atoms with E-state index in [1.807, 2.05) is 0 Å². The lowest BCUT2D eigenvalue weighted by atomic mass is 9.91. The van der Waals surface area contributed by atoms with E-state index in [-0.39, 0.29) is 0 Å². The van der Waals surface area contributed by atoms with E-state index in [9.17, 15) is 0 Å². The molecule has 1 aliphatic heterocycles. The quantitative estimate of drug-likeness (QED) is 0.668. The molecule has 0 spiro atoms. The molecule has 2 saturated carbocycles. The zero-order valence-corrected chi connectivity index (χ0v) is 8.21. The van der Waals surface area contributed by atoms with Crippen molar-refractivity contribution in [3.8, 4) is 0 Å². The van der Waals surface area contributed by atoms with Crippen LogP contribution in [0.5, 0.6) is 0 Å². The molecule has 3 aliphatic rings. The summed E-state index contributed by atoms with van der Waals surface area (Å²) in [5.41, 5.74) is 6.01. The van der Waals surface area contributed by atoms with Gasteiger partial charge in [0.1, 0.15) is 0 Å². The molecule has 0 aromatic rings. The largest absolute Gasteiger partial charge is 0.328 e. The topological polar surface area (TPSA) is 38.0 Å². The van der Waals surface area contributed by atoms with Crippen LogP contribution in [0.4, 0.5) is 0 Å². The van der Waals surface area contributed by atoms with E-state index < -0.39 is 0 Å². The molecule has 0 amide bonds. The molecular formula is C11H20N2. The minimum Gasteiger partial charge on any atom is -0.328 e. The van der Waals surface area contributed by atoms with Crippen LogP contribution in [0, 0.1) is 17.8 Å². The van der Waals surface area contributed by atoms with E-state index in [2.05, 4.69) is 5.32 Å². The fourth-order valence-electron chi connectivity index (χ4n) is 3.35. The molecule has 1 heterocycles. The predicted octanol–water partition coefficient (Wildman–Crippen LogP) is 1.11. The summed E-state index contributed by atoms with van der Waals surface area (Å²) in [5.74, 6) is 2.91. The SMILES string of the molecule is N[C@H]1C[C@@H]2CN[C@@H](CC3CC3)[C@H]2C1. The average molecular weight is 180 g/mol. The third-order valence-electron chi connectivity index (χ3n) is 4.23. The van der Waals surface area contributed by atoms with Crippen LogP contribution in [0.15, 0.2) is 0 Å². The molecular weight excluding hydrogens is 160 g/mol. The number of fused-ring (bicyclic) bond motifs is 1. The maximum atomic E-state index is 6.01. The highest BCUT2D eigenvalue weighted by molar-refractivity contribution is 4.99. The highest BCUT2D eigenvalue weighted by Gasteiger charge is 2.43. The zero-order valence-electron chi connectivity index (χ0n) is 8.21. The maximum absolute atomic E-state index is 6.01. The van der Waals surface area contributed by atoms with Crippen LogP contribution in [0.3, 0.4) is 0 Å². The second-order valence-corrected chi connectivity index (χ2v) is 5.35. The van der Waals surface area contributed by atoms with Gasteiger partial charge in [-0.05, 0) is 43.6 Å². The normalized spacial score (nSPS) is 49.6. The first-order valence-corrected chi connectivity index (χ1v) is 5.82. The van der Waals surface area contributed by atoms with Crippen molar-refractivity contribution in [1.29, 1.82) is 0 Å². The zero-order chi connectivity index (χ0) is 8.84. The molecule has 0 aromatic carbocycles. The Labute approximate surface area is 80.3 Å². The highest BCUT2D eigenvalue weighted by Crippen LogP contribution is 2.43. The molecule has 1 saturated heterocycles. The van der Waals surface area contributed by atoms with Crippen molar-refractivity contribution in [2.75, 3.05) is 6.54 Å². The molecule has 0 aromatic heterocycles. The summed E-state index contributed by atoms with van der Waals surface area (Å²) < 4.78 is 0. The Balaban J connectivity index is 1.63. The molecule has 2 aliphatic carbocycles. The molecule has 0 radical (unpaired) electrons. The van der Waals surface area contributed by atoms with Crippen molar-refractivity contribution in [3.63, 3.8) is 0 Å². The summed E-state index contributed by atoms with van der Waals surface area (Å²) in [7, 11) is 0. The minimum absolute atomic E-state index is 0.513. The summed E-state index contributed by atoms with van der Waals surface area (Å²) in [6.07, 6.45) is 6.98. The molecule has 3 rings (SSSR count).